The second-order valence-electron chi connectivity index (χ2n) is 3.78. The fourth-order valence-corrected chi connectivity index (χ4v) is 2.54. The summed E-state index contributed by atoms with van der Waals surface area (Å²) >= 11 is 3.34. The van der Waals surface area contributed by atoms with E-state index < -0.39 is 10.2 Å². The smallest absolute Gasteiger partial charge is 0.202 e. The molecule has 0 saturated carbocycles. The van der Waals surface area contributed by atoms with E-state index in [1.807, 2.05) is 31.2 Å². The zero-order chi connectivity index (χ0) is 12.9. The van der Waals surface area contributed by atoms with Gasteiger partial charge in [-0.2, -0.15) is 12.7 Å². The van der Waals surface area contributed by atoms with Crippen LogP contribution >= 0.6 is 15.9 Å². The van der Waals surface area contributed by atoms with E-state index in [0.29, 0.717) is 13.1 Å². The second kappa shape index (κ2) is 6.49. The molecule has 1 rings (SSSR count). The van der Waals surface area contributed by atoms with Gasteiger partial charge in [-0.05, 0) is 24.1 Å². The Kier molecular flexibility index (Phi) is 5.58. The molecule has 1 aromatic rings. The summed E-state index contributed by atoms with van der Waals surface area (Å²) in [5, 5.41) is 0. The fraction of sp³-hybridized carbons (Fsp3) is 0.455. The van der Waals surface area contributed by atoms with E-state index in [9.17, 15) is 8.42 Å². The molecule has 0 bridgehead atoms. The minimum absolute atomic E-state index is 0.367. The molecule has 1 aromatic carbocycles. The van der Waals surface area contributed by atoms with Crippen molar-refractivity contribution in [3.8, 4) is 0 Å². The van der Waals surface area contributed by atoms with Gasteiger partial charge in [0, 0.05) is 24.6 Å². The fourth-order valence-electron chi connectivity index (χ4n) is 1.27. The minimum Gasteiger partial charge on any atom is -0.202 e. The number of hydrogen-bond acceptors (Lipinski definition) is 2. The summed E-state index contributed by atoms with van der Waals surface area (Å²) in [6, 6.07) is 7.59. The van der Waals surface area contributed by atoms with Crippen LogP contribution in [0.3, 0.4) is 0 Å². The van der Waals surface area contributed by atoms with Gasteiger partial charge in [-0.25, -0.2) is 4.72 Å². The first kappa shape index (κ1) is 14.6. The van der Waals surface area contributed by atoms with Crippen molar-refractivity contribution in [2.24, 2.45) is 0 Å². The first-order chi connectivity index (χ1) is 7.95. The maximum atomic E-state index is 11.8. The summed E-state index contributed by atoms with van der Waals surface area (Å²) in [7, 11) is -1.79. The quantitative estimate of drug-likeness (QED) is 0.872. The summed E-state index contributed by atoms with van der Waals surface area (Å²) in [4.78, 5) is 0. The third-order valence-electron chi connectivity index (χ3n) is 2.26. The Hall–Kier alpha value is -0.430. The van der Waals surface area contributed by atoms with Crippen LogP contribution in [0.25, 0.3) is 0 Å². The lowest BCUT2D eigenvalue weighted by molar-refractivity contribution is 0.455. The molecule has 0 aliphatic rings. The van der Waals surface area contributed by atoms with Gasteiger partial charge in [-0.15, -0.1) is 0 Å². The average Bonchev–Trinajstić information content (AvgIpc) is 2.29. The number of halogens is 1. The topological polar surface area (TPSA) is 49.4 Å². The summed E-state index contributed by atoms with van der Waals surface area (Å²) in [5.74, 6) is 0. The lowest BCUT2D eigenvalue weighted by atomic mass is 10.2. The number of nitrogens with one attached hydrogen (secondary N) is 1. The van der Waals surface area contributed by atoms with Crippen molar-refractivity contribution in [1.82, 2.24) is 9.03 Å². The first-order valence-corrected chi connectivity index (χ1v) is 7.64. The standard InChI is InChI=1S/C11H17BrN2O2S/c1-3-8-13-17(15,16)14(2)9-10-4-6-11(12)7-5-10/h4-7,13H,3,8-9H2,1-2H3. The molecule has 0 heterocycles. The third kappa shape index (κ3) is 4.75. The zero-order valence-electron chi connectivity index (χ0n) is 9.98. The zero-order valence-corrected chi connectivity index (χ0v) is 12.4. The highest BCUT2D eigenvalue weighted by Crippen LogP contribution is 2.12. The van der Waals surface area contributed by atoms with Gasteiger partial charge in [0.15, 0.2) is 0 Å². The Morgan fingerprint density at radius 3 is 2.41 bits per heavy atom. The van der Waals surface area contributed by atoms with Crippen LogP contribution in [0.1, 0.15) is 18.9 Å². The summed E-state index contributed by atoms with van der Waals surface area (Å²) in [6.07, 6.45) is 0.783. The lowest BCUT2D eigenvalue weighted by Gasteiger charge is -2.17. The summed E-state index contributed by atoms with van der Waals surface area (Å²) in [5.41, 5.74) is 0.956. The van der Waals surface area contributed by atoms with Crippen LogP contribution < -0.4 is 4.72 Å². The van der Waals surface area contributed by atoms with Crippen molar-refractivity contribution in [2.45, 2.75) is 19.9 Å². The molecule has 6 heteroatoms. The van der Waals surface area contributed by atoms with Crippen molar-refractivity contribution < 1.29 is 8.42 Å². The number of hydrogen-bond donors (Lipinski definition) is 1. The molecule has 0 radical (unpaired) electrons. The Labute approximate surface area is 111 Å². The molecule has 96 valence electrons. The van der Waals surface area contributed by atoms with Gasteiger partial charge in [0.25, 0.3) is 10.2 Å². The molecule has 4 nitrogen and oxygen atoms in total. The van der Waals surface area contributed by atoms with E-state index in [-0.39, 0.29) is 0 Å². The molecular weight excluding hydrogens is 304 g/mol. The number of nitrogens with zero attached hydrogens (tertiary/aromatic N) is 1. The molecule has 0 atom stereocenters. The van der Waals surface area contributed by atoms with Crippen molar-refractivity contribution in [1.29, 1.82) is 0 Å². The van der Waals surface area contributed by atoms with Gasteiger partial charge in [-0.1, -0.05) is 35.0 Å². The van der Waals surface area contributed by atoms with Gasteiger partial charge in [0.1, 0.15) is 0 Å². The molecule has 1 N–H and O–H groups in total. The highest BCUT2D eigenvalue weighted by molar-refractivity contribution is 9.10. The monoisotopic (exact) mass is 320 g/mol. The first-order valence-electron chi connectivity index (χ1n) is 5.41. The second-order valence-corrected chi connectivity index (χ2v) is 6.56. The number of benzene rings is 1. The van der Waals surface area contributed by atoms with Crippen molar-refractivity contribution >= 4 is 26.1 Å². The largest absolute Gasteiger partial charge is 0.279 e. The Morgan fingerprint density at radius 1 is 1.29 bits per heavy atom. The highest BCUT2D eigenvalue weighted by atomic mass is 79.9. The SMILES string of the molecule is CCCNS(=O)(=O)N(C)Cc1ccc(Br)cc1. The molecule has 17 heavy (non-hydrogen) atoms. The van der Waals surface area contributed by atoms with E-state index in [1.54, 1.807) is 7.05 Å². The molecule has 0 aromatic heterocycles. The minimum atomic E-state index is -3.36. The van der Waals surface area contributed by atoms with E-state index >= 15 is 0 Å². The van der Waals surface area contributed by atoms with Crippen LogP contribution in [0.4, 0.5) is 0 Å². The molecule has 0 aliphatic carbocycles. The van der Waals surface area contributed by atoms with Crippen LogP contribution in [0.15, 0.2) is 28.7 Å². The molecule has 0 unspecified atom stereocenters. The summed E-state index contributed by atoms with van der Waals surface area (Å²) in [6.45, 7) is 2.76. The van der Waals surface area contributed by atoms with E-state index in [4.69, 9.17) is 0 Å². The van der Waals surface area contributed by atoms with E-state index in [0.717, 1.165) is 16.5 Å². The molecule has 0 saturated heterocycles. The van der Waals surface area contributed by atoms with Gasteiger partial charge in [-0.3, -0.25) is 0 Å². The maximum absolute atomic E-state index is 11.8. The molecule has 0 fully saturated rings. The van der Waals surface area contributed by atoms with Crippen LogP contribution in [-0.2, 0) is 16.8 Å². The van der Waals surface area contributed by atoms with Gasteiger partial charge < -0.3 is 0 Å². The van der Waals surface area contributed by atoms with Gasteiger partial charge >= 0.3 is 0 Å². The lowest BCUT2D eigenvalue weighted by Crippen LogP contribution is -2.38. The van der Waals surface area contributed by atoms with Crippen LogP contribution in [-0.4, -0.2) is 26.3 Å². The van der Waals surface area contributed by atoms with E-state index in [2.05, 4.69) is 20.7 Å². The van der Waals surface area contributed by atoms with Gasteiger partial charge in [0.05, 0.1) is 0 Å². The van der Waals surface area contributed by atoms with Crippen LogP contribution in [0.5, 0.6) is 0 Å². The molecule has 0 aliphatic heterocycles. The van der Waals surface area contributed by atoms with Crippen LogP contribution in [0.2, 0.25) is 0 Å². The Balaban J connectivity index is 2.65. The van der Waals surface area contributed by atoms with Crippen molar-refractivity contribution in [2.75, 3.05) is 13.6 Å². The average molecular weight is 321 g/mol. The molecule has 0 spiro atoms. The Bertz CT molecular complexity index is 445. The highest BCUT2D eigenvalue weighted by Gasteiger charge is 2.16. The molecule has 0 amide bonds. The molecular formula is C11H17BrN2O2S. The van der Waals surface area contributed by atoms with Gasteiger partial charge in [0.2, 0.25) is 0 Å². The predicted octanol–water partition coefficient (Wildman–Crippen LogP) is 2.13. The normalized spacial score (nSPS) is 12.0. The number of rotatable bonds is 6. The van der Waals surface area contributed by atoms with E-state index in [1.165, 1.54) is 4.31 Å². The summed E-state index contributed by atoms with van der Waals surface area (Å²) < 4.78 is 28.4. The maximum Gasteiger partial charge on any atom is 0.279 e. The van der Waals surface area contributed by atoms with Crippen LogP contribution in [0, 0.1) is 0 Å². The van der Waals surface area contributed by atoms with Crippen molar-refractivity contribution in [3.63, 3.8) is 0 Å². The Morgan fingerprint density at radius 2 is 1.88 bits per heavy atom. The van der Waals surface area contributed by atoms with Crippen molar-refractivity contribution in [3.05, 3.63) is 34.3 Å². The predicted molar refractivity (Wildman–Crippen MR) is 72.8 cm³/mol. The third-order valence-corrected chi connectivity index (χ3v) is 4.31.